The fourth-order valence-corrected chi connectivity index (χ4v) is 6.19. The molecule has 0 aromatic heterocycles. The zero-order chi connectivity index (χ0) is 27.9. The van der Waals surface area contributed by atoms with Gasteiger partial charge in [0.2, 0.25) is 21.8 Å². The fraction of sp³-hybridized carbons (Fsp3) is 0.481. The zero-order valence-electron chi connectivity index (χ0n) is 21.6. The molecule has 0 saturated heterocycles. The highest BCUT2D eigenvalue weighted by Gasteiger charge is 2.31. The second-order valence-corrected chi connectivity index (χ2v) is 12.3. The first-order valence-electron chi connectivity index (χ1n) is 12.8. The maximum atomic E-state index is 14.4. The molecule has 1 atom stereocenters. The number of halogens is 3. The normalized spacial score (nSPS) is 14.8. The third kappa shape index (κ3) is 8.07. The summed E-state index contributed by atoms with van der Waals surface area (Å²) in [5.41, 5.74) is 0.565. The SMILES string of the molecule is CC[C@H](C(=O)NC1CCCC1)N(Cc1ccc(Cl)cc1Cl)C(=O)CCCN(c1ccccc1F)S(C)(=O)=O. The molecule has 0 bridgehead atoms. The van der Waals surface area contributed by atoms with Crippen molar-refractivity contribution in [2.24, 2.45) is 0 Å². The van der Waals surface area contributed by atoms with Gasteiger partial charge in [-0.1, -0.05) is 61.2 Å². The largest absolute Gasteiger partial charge is 0.352 e. The minimum absolute atomic E-state index is 0.0428. The van der Waals surface area contributed by atoms with Gasteiger partial charge in [-0.2, -0.15) is 0 Å². The first-order valence-corrected chi connectivity index (χ1v) is 15.4. The summed E-state index contributed by atoms with van der Waals surface area (Å²) in [6, 6.07) is 9.93. The molecule has 7 nitrogen and oxygen atoms in total. The molecule has 0 aliphatic heterocycles. The van der Waals surface area contributed by atoms with Crippen LogP contribution in [0.3, 0.4) is 0 Å². The Morgan fingerprint density at radius 2 is 1.82 bits per heavy atom. The van der Waals surface area contributed by atoms with Crippen LogP contribution < -0.4 is 9.62 Å². The first kappa shape index (κ1) is 30.2. The summed E-state index contributed by atoms with van der Waals surface area (Å²) in [5, 5.41) is 3.91. The van der Waals surface area contributed by atoms with Gasteiger partial charge in [0.1, 0.15) is 11.9 Å². The number of hydrogen-bond acceptors (Lipinski definition) is 4. The quantitative estimate of drug-likeness (QED) is 0.354. The van der Waals surface area contributed by atoms with E-state index in [1.165, 1.54) is 23.1 Å². The summed E-state index contributed by atoms with van der Waals surface area (Å²) in [4.78, 5) is 28.3. The number of anilines is 1. The van der Waals surface area contributed by atoms with E-state index in [4.69, 9.17) is 23.2 Å². The van der Waals surface area contributed by atoms with E-state index in [9.17, 15) is 22.4 Å². The van der Waals surface area contributed by atoms with Gasteiger partial charge in [0, 0.05) is 35.6 Å². The predicted molar refractivity (Wildman–Crippen MR) is 149 cm³/mol. The number of amides is 2. The molecule has 38 heavy (non-hydrogen) atoms. The van der Waals surface area contributed by atoms with Crippen molar-refractivity contribution in [1.29, 1.82) is 0 Å². The lowest BCUT2D eigenvalue weighted by Crippen LogP contribution is -2.51. The number of sulfonamides is 1. The summed E-state index contributed by atoms with van der Waals surface area (Å²) >= 11 is 12.4. The van der Waals surface area contributed by atoms with Gasteiger partial charge in [0.05, 0.1) is 11.9 Å². The molecule has 1 saturated carbocycles. The Kier molecular flexibility index (Phi) is 10.8. The maximum absolute atomic E-state index is 14.4. The van der Waals surface area contributed by atoms with Crippen LogP contribution in [-0.2, 0) is 26.2 Å². The summed E-state index contributed by atoms with van der Waals surface area (Å²) in [5.74, 6) is -1.22. The van der Waals surface area contributed by atoms with E-state index in [1.54, 1.807) is 24.3 Å². The molecule has 2 aromatic carbocycles. The molecule has 0 spiro atoms. The van der Waals surface area contributed by atoms with Gasteiger partial charge in [-0.05, 0) is 55.5 Å². The minimum atomic E-state index is -3.79. The molecule has 2 aromatic rings. The Morgan fingerprint density at radius 3 is 2.42 bits per heavy atom. The average molecular weight is 587 g/mol. The number of rotatable bonds is 12. The number of carbonyl (C=O) groups is 2. The van der Waals surface area contributed by atoms with E-state index in [0.29, 0.717) is 22.0 Å². The van der Waals surface area contributed by atoms with Crippen LogP contribution in [0.4, 0.5) is 10.1 Å². The monoisotopic (exact) mass is 585 g/mol. The van der Waals surface area contributed by atoms with Crippen molar-refractivity contribution in [3.8, 4) is 0 Å². The lowest BCUT2D eigenvalue weighted by atomic mass is 10.1. The molecular formula is C27H34Cl2FN3O4S. The molecule has 1 aliphatic rings. The first-order chi connectivity index (χ1) is 18.0. The standard InChI is InChI=1S/C27H34Cl2FN3O4S/c1-3-24(27(35)31-21-9-4-5-10-21)32(18-19-14-15-20(28)17-22(19)29)26(34)13-8-16-33(38(2,36)37)25-12-7-6-11-23(25)30/h6-7,11-12,14-15,17,21,24H,3-5,8-10,13,16,18H2,1-2H3,(H,31,35)/t24-/m1/s1. The third-order valence-corrected chi connectivity index (χ3v) is 8.48. The van der Waals surface area contributed by atoms with Crippen molar-refractivity contribution >= 4 is 50.7 Å². The van der Waals surface area contributed by atoms with Crippen molar-refractivity contribution in [2.75, 3.05) is 17.1 Å². The van der Waals surface area contributed by atoms with Crippen LogP contribution in [0.2, 0.25) is 10.0 Å². The van der Waals surface area contributed by atoms with Gasteiger partial charge in [0.15, 0.2) is 0 Å². The Balaban J connectivity index is 1.79. The fourth-order valence-electron chi connectivity index (χ4n) is 4.76. The molecule has 1 aliphatic carbocycles. The number of nitrogens with one attached hydrogen (secondary N) is 1. The number of nitrogens with zero attached hydrogens (tertiary/aromatic N) is 2. The molecule has 0 unspecified atom stereocenters. The van der Waals surface area contributed by atoms with E-state index in [0.717, 1.165) is 36.2 Å². The van der Waals surface area contributed by atoms with Crippen LogP contribution in [0.5, 0.6) is 0 Å². The van der Waals surface area contributed by atoms with Crippen LogP contribution >= 0.6 is 23.2 Å². The van der Waals surface area contributed by atoms with Crippen molar-refractivity contribution in [1.82, 2.24) is 10.2 Å². The van der Waals surface area contributed by atoms with Gasteiger partial charge in [-0.15, -0.1) is 0 Å². The molecule has 3 rings (SSSR count). The van der Waals surface area contributed by atoms with Crippen LogP contribution in [0.1, 0.15) is 57.4 Å². The summed E-state index contributed by atoms with van der Waals surface area (Å²) in [7, 11) is -3.79. The van der Waals surface area contributed by atoms with Gasteiger partial charge >= 0.3 is 0 Å². The van der Waals surface area contributed by atoms with E-state index in [1.807, 2.05) is 6.92 Å². The molecule has 208 valence electrons. The second kappa shape index (κ2) is 13.6. The number of benzene rings is 2. The predicted octanol–water partition coefficient (Wildman–Crippen LogP) is 5.54. The van der Waals surface area contributed by atoms with E-state index < -0.39 is 21.9 Å². The summed E-state index contributed by atoms with van der Waals surface area (Å²) in [6.07, 6.45) is 5.42. The highest BCUT2D eigenvalue weighted by molar-refractivity contribution is 7.92. The molecule has 0 heterocycles. The van der Waals surface area contributed by atoms with Crippen molar-refractivity contribution in [2.45, 2.75) is 70.5 Å². The Morgan fingerprint density at radius 1 is 1.13 bits per heavy atom. The van der Waals surface area contributed by atoms with E-state index >= 15 is 0 Å². The number of para-hydroxylation sites is 1. The van der Waals surface area contributed by atoms with Crippen molar-refractivity contribution in [3.05, 3.63) is 63.9 Å². The third-order valence-electron chi connectivity index (χ3n) is 6.72. The number of hydrogen-bond donors (Lipinski definition) is 1. The molecule has 1 N–H and O–H groups in total. The minimum Gasteiger partial charge on any atom is -0.352 e. The highest BCUT2D eigenvalue weighted by atomic mass is 35.5. The summed E-state index contributed by atoms with van der Waals surface area (Å²) < 4.78 is 40.1. The average Bonchev–Trinajstić information content (AvgIpc) is 3.36. The number of carbonyl (C=O) groups excluding carboxylic acids is 2. The molecule has 0 radical (unpaired) electrons. The van der Waals surface area contributed by atoms with Gasteiger partial charge in [0.25, 0.3) is 0 Å². The lowest BCUT2D eigenvalue weighted by molar-refractivity contribution is -0.141. The Labute approximate surface area is 234 Å². The smallest absolute Gasteiger partial charge is 0.243 e. The topological polar surface area (TPSA) is 86.8 Å². The van der Waals surface area contributed by atoms with E-state index in [-0.39, 0.29) is 49.5 Å². The molecular weight excluding hydrogens is 552 g/mol. The van der Waals surface area contributed by atoms with Crippen molar-refractivity contribution in [3.63, 3.8) is 0 Å². The Bertz CT molecular complexity index is 1240. The molecule has 2 amide bonds. The molecule has 1 fully saturated rings. The van der Waals surface area contributed by atoms with Gasteiger partial charge in [-0.25, -0.2) is 12.8 Å². The van der Waals surface area contributed by atoms with Crippen LogP contribution in [0.25, 0.3) is 0 Å². The highest BCUT2D eigenvalue weighted by Crippen LogP contribution is 2.26. The molecule has 11 heteroatoms. The van der Waals surface area contributed by atoms with Crippen LogP contribution in [0.15, 0.2) is 42.5 Å². The van der Waals surface area contributed by atoms with Crippen LogP contribution in [0, 0.1) is 5.82 Å². The second-order valence-electron chi connectivity index (χ2n) is 9.56. The summed E-state index contributed by atoms with van der Waals surface area (Å²) in [6.45, 7) is 1.84. The zero-order valence-corrected chi connectivity index (χ0v) is 24.0. The van der Waals surface area contributed by atoms with E-state index in [2.05, 4.69) is 5.32 Å². The maximum Gasteiger partial charge on any atom is 0.243 e. The van der Waals surface area contributed by atoms with Crippen molar-refractivity contribution < 1.29 is 22.4 Å². The van der Waals surface area contributed by atoms with Gasteiger partial charge < -0.3 is 10.2 Å². The Hall–Kier alpha value is -2.36. The lowest BCUT2D eigenvalue weighted by Gasteiger charge is -2.32. The van der Waals surface area contributed by atoms with Gasteiger partial charge in [-0.3, -0.25) is 13.9 Å². The van der Waals surface area contributed by atoms with Crippen LogP contribution in [-0.4, -0.2) is 50.0 Å².